The van der Waals surface area contributed by atoms with Gasteiger partial charge in [0.1, 0.15) is 0 Å². The molecule has 0 saturated carbocycles. The Morgan fingerprint density at radius 1 is 1.26 bits per heavy atom. The van der Waals surface area contributed by atoms with Crippen LogP contribution in [0.1, 0.15) is 18.4 Å². The number of piperidine rings is 1. The Hall–Kier alpha value is -1.44. The minimum Gasteiger partial charge on any atom is -0.352 e. The van der Waals surface area contributed by atoms with Crippen molar-refractivity contribution in [3.63, 3.8) is 0 Å². The van der Waals surface area contributed by atoms with Crippen molar-refractivity contribution in [1.82, 2.24) is 14.5 Å². The average molecular weight is 339 g/mol. The molecule has 1 aliphatic heterocycles. The molecule has 1 aromatic rings. The monoisotopic (exact) mass is 339 g/mol. The van der Waals surface area contributed by atoms with Gasteiger partial charge in [0.05, 0.1) is 12.8 Å². The molecule has 23 heavy (non-hydrogen) atoms. The van der Waals surface area contributed by atoms with E-state index in [1.54, 1.807) is 0 Å². The van der Waals surface area contributed by atoms with Crippen molar-refractivity contribution >= 4 is 15.9 Å². The first kappa shape index (κ1) is 17.9. The third-order valence-corrected chi connectivity index (χ3v) is 5.27. The molecule has 6 nitrogen and oxygen atoms in total. The normalized spacial score (nSPS) is 17.3. The summed E-state index contributed by atoms with van der Waals surface area (Å²) in [6, 6.07) is 9.43. The van der Waals surface area contributed by atoms with Gasteiger partial charge < -0.3 is 10.2 Å². The maximum absolute atomic E-state index is 12.2. The van der Waals surface area contributed by atoms with E-state index in [1.807, 2.05) is 30.3 Å². The van der Waals surface area contributed by atoms with Crippen molar-refractivity contribution < 1.29 is 13.2 Å². The number of carbonyl (C=O) groups excluding carboxylic acids is 1. The number of hydrogen-bond donors (Lipinski definition) is 1. The molecular weight excluding hydrogens is 314 g/mol. The molecule has 1 aliphatic rings. The lowest BCUT2D eigenvalue weighted by Crippen LogP contribution is -2.47. The summed E-state index contributed by atoms with van der Waals surface area (Å²) in [6.45, 7) is 1.97. The molecule has 0 radical (unpaired) electrons. The molecule has 0 atom stereocenters. The maximum atomic E-state index is 12.2. The topological polar surface area (TPSA) is 69.7 Å². The largest absolute Gasteiger partial charge is 0.352 e. The molecule has 0 aromatic heterocycles. The summed E-state index contributed by atoms with van der Waals surface area (Å²) in [5.41, 5.74) is 0.866. The van der Waals surface area contributed by atoms with Crippen molar-refractivity contribution in [3.05, 3.63) is 35.9 Å². The van der Waals surface area contributed by atoms with Gasteiger partial charge in [-0.25, -0.2) is 8.42 Å². The van der Waals surface area contributed by atoms with Crippen LogP contribution in [-0.4, -0.2) is 62.5 Å². The van der Waals surface area contributed by atoms with E-state index in [1.165, 1.54) is 4.31 Å². The highest BCUT2D eigenvalue weighted by atomic mass is 32.2. The van der Waals surface area contributed by atoms with Crippen LogP contribution in [0.3, 0.4) is 0 Å². The molecular formula is C16H25N3O3S. The molecule has 1 fully saturated rings. The third kappa shape index (κ3) is 5.93. The van der Waals surface area contributed by atoms with E-state index in [0.717, 1.165) is 37.8 Å². The highest BCUT2D eigenvalue weighted by Gasteiger charge is 2.23. The van der Waals surface area contributed by atoms with Crippen LogP contribution in [0.25, 0.3) is 0 Å². The molecule has 1 amide bonds. The Labute approximate surface area is 138 Å². The Morgan fingerprint density at radius 2 is 1.87 bits per heavy atom. The van der Waals surface area contributed by atoms with Gasteiger partial charge in [-0.3, -0.25) is 4.79 Å². The first-order valence-electron chi connectivity index (χ1n) is 7.81. The Kier molecular flexibility index (Phi) is 6.15. The maximum Gasteiger partial charge on any atom is 0.235 e. The SMILES string of the molecule is CN1CCC(NC(=O)CN(Cc2ccccc2)S(C)(=O)=O)CC1. The van der Waals surface area contributed by atoms with Crippen LogP contribution >= 0.6 is 0 Å². The molecule has 128 valence electrons. The second kappa shape index (κ2) is 7.90. The molecule has 1 N–H and O–H groups in total. The van der Waals surface area contributed by atoms with Crippen LogP contribution in [0.5, 0.6) is 0 Å². The predicted octanol–water partition coefficient (Wildman–Crippen LogP) is 0.659. The zero-order chi connectivity index (χ0) is 16.9. The smallest absolute Gasteiger partial charge is 0.235 e. The van der Waals surface area contributed by atoms with Crippen LogP contribution in [0.4, 0.5) is 0 Å². The summed E-state index contributed by atoms with van der Waals surface area (Å²) in [5.74, 6) is -0.235. The lowest BCUT2D eigenvalue weighted by molar-refractivity contribution is -0.122. The lowest BCUT2D eigenvalue weighted by Gasteiger charge is -2.30. The van der Waals surface area contributed by atoms with Gasteiger partial charge in [0.25, 0.3) is 0 Å². The van der Waals surface area contributed by atoms with E-state index in [9.17, 15) is 13.2 Å². The molecule has 0 bridgehead atoms. The number of nitrogens with one attached hydrogen (secondary N) is 1. The molecule has 0 aliphatic carbocycles. The fourth-order valence-corrected chi connectivity index (χ4v) is 3.40. The molecule has 1 saturated heterocycles. The molecule has 7 heteroatoms. The average Bonchev–Trinajstić information content (AvgIpc) is 2.49. The zero-order valence-corrected chi connectivity index (χ0v) is 14.6. The highest BCUT2D eigenvalue weighted by Crippen LogP contribution is 2.10. The number of benzene rings is 1. The van der Waals surface area contributed by atoms with E-state index in [4.69, 9.17) is 0 Å². The minimum absolute atomic E-state index is 0.136. The second-order valence-corrected chi connectivity index (χ2v) is 8.14. The zero-order valence-electron chi connectivity index (χ0n) is 13.7. The number of amides is 1. The molecule has 2 rings (SSSR count). The van der Waals surface area contributed by atoms with E-state index in [2.05, 4.69) is 17.3 Å². The Morgan fingerprint density at radius 3 is 2.43 bits per heavy atom. The van der Waals surface area contributed by atoms with Crippen molar-refractivity contribution in [2.24, 2.45) is 0 Å². The number of hydrogen-bond acceptors (Lipinski definition) is 4. The first-order valence-corrected chi connectivity index (χ1v) is 9.66. The van der Waals surface area contributed by atoms with Gasteiger partial charge in [0.2, 0.25) is 15.9 Å². The quantitative estimate of drug-likeness (QED) is 0.827. The van der Waals surface area contributed by atoms with Gasteiger partial charge in [0.15, 0.2) is 0 Å². The molecule has 1 heterocycles. The van der Waals surface area contributed by atoms with E-state index >= 15 is 0 Å². The fourth-order valence-electron chi connectivity index (χ4n) is 2.66. The third-order valence-electron chi connectivity index (χ3n) is 4.07. The van der Waals surface area contributed by atoms with Crippen molar-refractivity contribution in [2.75, 3.05) is 32.9 Å². The number of carbonyl (C=O) groups is 1. The van der Waals surface area contributed by atoms with E-state index in [0.29, 0.717) is 0 Å². The number of nitrogens with zero attached hydrogens (tertiary/aromatic N) is 2. The van der Waals surface area contributed by atoms with Crippen molar-refractivity contribution in [3.8, 4) is 0 Å². The van der Waals surface area contributed by atoms with Gasteiger partial charge in [-0.2, -0.15) is 4.31 Å². The van der Waals surface area contributed by atoms with Crippen LogP contribution in [0.2, 0.25) is 0 Å². The summed E-state index contributed by atoms with van der Waals surface area (Å²) in [6.07, 6.45) is 2.94. The molecule has 1 aromatic carbocycles. The Balaban J connectivity index is 1.94. The van der Waals surface area contributed by atoms with Crippen LogP contribution in [-0.2, 0) is 21.4 Å². The van der Waals surface area contributed by atoms with Crippen molar-refractivity contribution in [2.45, 2.75) is 25.4 Å². The summed E-state index contributed by atoms with van der Waals surface area (Å²) < 4.78 is 25.1. The summed E-state index contributed by atoms with van der Waals surface area (Å²) in [4.78, 5) is 14.4. The summed E-state index contributed by atoms with van der Waals surface area (Å²) >= 11 is 0. The Bertz CT molecular complexity index is 611. The van der Waals surface area contributed by atoms with Crippen LogP contribution < -0.4 is 5.32 Å². The fraction of sp³-hybridized carbons (Fsp3) is 0.562. The summed E-state index contributed by atoms with van der Waals surface area (Å²) in [5, 5.41) is 2.96. The van der Waals surface area contributed by atoms with Crippen LogP contribution in [0.15, 0.2) is 30.3 Å². The lowest BCUT2D eigenvalue weighted by atomic mass is 10.1. The highest BCUT2D eigenvalue weighted by molar-refractivity contribution is 7.88. The first-order chi connectivity index (χ1) is 10.8. The molecule has 0 unspecified atom stereocenters. The number of rotatable bonds is 6. The van der Waals surface area contributed by atoms with Crippen molar-refractivity contribution in [1.29, 1.82) is 0 Å². The van der Waals surface area contributed by atoms with E-state index in [-0.39, 0.29) is 25.0 Å². The van der Waals surface area contributed by atoms with Gasteiger partial charge in [-0.05, 0) is 38.5 Å². The van der Waals surface area contributed by atoms with Gasteiger partial charge in [0, 0.05) is 12.6 Å². The summed E-state index contributed by atoms with van der Waals surface area (Å²) in [7, 11) is -1.38. The number of likely N-dealkylation sites (tertiary alicyclic amines) is 1. The minimum atomic E-state index is -3.44. The second-order valence-electron chi connectivity index (χ2n) is 6.16. The van der Waals surface area contributed by atoms with Gasteiger partial charge >= 0.3 is 0 Å². The number of sulfonamides is 1. The van der Waals surface area contributed by atoms with Crippen LogP contribution in [0, 0.1) is 0 Å². The van der Waals surface area contributed by atoms with E-state index < -0.39 is 10.0 Å². The molecule has 0 spiro atoms. The van der Waals surface area contributed by atoms with Gasteiger partial charge in [-0.1, -0.05) is 30.3 Å². The predicted molar refractivity (Wildman–Crippen MR) is 90.4 cm³/mol. The van der Waals surface area contributed by atoms with Gasteiger partial charge in [-0.15, -0.1) is 0 Å². The standard InChI is InChI=1S/C16H25N3O3S/c1-18-10-8-15(9-11-18)17-16(20)13-19(23(2,21)22)12-14-6-4-3-5-7-14/h3-7,15H,8-13H2,1-2H3,(H,17,20).